The van der Waals surface area contributed by atoms with Crippen LogP contribution in [0, 0.1) is 12.7 Å². The number of halogens is 2. The molecular formula is C17H16ClFN2O2. The minimum absolute atomic E-state index is 0.218. The fraction of sp³-hybridized carbons (Fsp3) is 0.176. The van der Waals surface area contributed by atoms with Crippen LogP contribution in [0.3, 0.4) is 0 Å². The molecule has 0 aliphatic carbocycles. The van der Waals surface area contributed by atoms with Crippen LogP contribution in [0.25, 0.3) is 0 Å². The van der Waals surface area contributed by atoms with E-state index in [9.17, 15) is 14.0 Å². The number of carbonyl (C=O) groups excluding carboxylic acids is 2. The minimum Gasteiger partial charge on any atom is -0.324 e. The minimum atomic E-state index is -0.473. The van der Waals surface area contributed by atoms with Gasteiger partial charge in [0.15, 0.2) is 0 Å². The van der Waals surface area contributed by atoms with Gasteiger partial charge in [0.25, 0.3) is 0 Å². The number of benzene rings is 2. The Morgan fingerprint density at radius 3 is 2.57 bits per heavy atom. The van der Waals surface area contributed by atoms with E-state index >= 15 is 0 Å². The number of hydrogen-bond acceptors (Lipinski definition) is 2. The van der Waals surface area contributed by atoms with E-state index in [2.05, 4.69) is 5.32 Å². The third-order valence-electron chi connectivity index (χ3n) is 3.26. The molecule has 0 fully saturated rings. The molecule has 2 rings (SSSR count). The molecule has 6 heteroatoms. The number of amides is 2. The van der Waals surface area contributed by atoms with Crippen LogP contribution in [-0.2, 0) is 9.59 Å². The zero-order valence-corrected chi connectivity index (χ0v) is 13.5. The van der Waals surface area contributed by atoms with Crippen LogP contribution in [0.2, 0.25) is 5.02 Å². The van der Waals surface area contributed by atoms with Crippen LogP contribution in [0.4, 0.5) is 15.8 Å². The number of rotatable bonds is 4. The number of carbonyl (C=O) groups is 2. The van der Waals surface area contributed by atoms with Crippen molar-refractivity contribution in [3.63, 3.8) is 0 Å². The molecule has 4 nitrogen and oxygen atoms in total. The van der Waals surface area contributed by atoms with Crippen LogP contribution in [-0.4, -0.2) is 18.4 Å². The maximum absolute atomic E-state index is 13.3. The molecule has 23 heavy (non-hydrogen) atoms. The lowest BCUT2D eigenvalue weighted by Gasteiger charge is -2.20. The van der Waals surface area contributed by atoms with Gasteiger partial charge in [0.1, 0.15) is 12.4 Å². The van der Waals surface area contributed by atoms with Gasteiger partial charge in [0.05, 0.1) is 0 Å². The summed E-state index contributed by atoms with van der Waals surface area (Å²) in [5.41, 5.74) is 1.76. The van der Waals surface area contributed by atoms with Gasteiger partial charge in [0.2, 0.25) is 11.8 Å². The Morgan fingerprint density at radius 1 is 1.22 bits per heavy atom. The summed E-state index contributed by atoms with van der Waals surface area (Å²) in [7, 11) is 0. The molecule has 1 N–H and O–H groups in total. The van der Waals surface area contributed by atoms with E-state index in [0.717, 1.165) is 5.56 Å². The molecule has 0 aromatic heterocycles. The quantitative estimate of drug-likeness (QED) is 0.925. The highest BCUT2D eigenvalue weighted by atomic mass is 35.5. The summed E-state index contributed by atoms with van der Waals surface area (Å²) in [6.07, 6.45) is 0. The van der Waals surface area contributed by atoms with Gasteiger partial charge in [-0.2, -0.15) is 0 Å². The molecule has 120 valence electrons. The van der Waals surface area contributed by atoms with Crippen LogP contribution < -0.4 is 10.2 Å². The van der Waals surface area contributed by atoms with Crippen LogP contribution in [0.1, 0.15) is 12.5 Å². The highest BCUT2D eigenvalue weighted by Gasteiger charge is 2.16. The second-order valence-corrected chi connectivity index (χ2v) is 5.50. The van der Waals surface area contributed by atoms with E-state index in [-0.39, 0.29) is 12.5 Å². The van der Waals surface area contributed by atoms with E-state index in [1.807, 2.05) is 6.92 Å². The predicted octanol–water partition coefficient (Wildman–Crippen LogP) is 3.78. The first-order valence-corrected chi connectivity index (χ1v) is 7.34. The Labute approximate surface area is 138 Å². The topological polar surface area (TPSA) is 49.4 Å². The molecule has 0 aliphatic heterocycles. The second kappa shape index (κ2) is 7.24. The molecular weight excluding hydrogens is 319 g/mol. The molecule has 0 unspecified atom stereocenters. The van der Waals surface area contributed by atoms with E-state index in [4.69, 9.17) is 11.6 Å². The first kappa shape index (κ1) is 17.0. The number of nitrogens with one attached hydrogen (secondary N) is 1. The summed E-state index contributed by atoms with van der Waals surface area (Å²) in [6.45, 7) is 2.96. The Hall–Kier alpha value is -2.40. The smallest absolute Gasteiger partial charge is 0.244 e. The fourth-order valence-electron chi connectivity index (χ4n) is 2.04. The summed E-state index contributed by atoms with van der Waals surface area (Å²) < 4.78 is 13.3. The monoisotopic (exact) mass is 334 g/mol. The van der Waals surface area contributed by atoms with Gasteiger partial charge < -0.3 is 10.2 Å². The van der Waals surface area contributed by atoms with Crippen molar-refractivity contribution in [1.82, 2.24) is 0 Å². The van der Waals surface area contributed by atoms with Gasteiger partial charge in [-0.3, -0.25) is 9.59 Å². The average molecular weight is 335 g/mol. The zero-order chi connectivity index (χ0) is 17.0. The van der Waals surface area contributed by atoms with E-state index in [1.54, 1.807) is 24.3 Å². The molecule has 0 atom stereocenters. The van der Waals surface area contributed by atoms with E-state index < -0.39 is 11.7 Å². The van der Waals surface area contributed by atoms with Crippen molar-refractivity contribution in [2.24, 2.45) is 0 Å². The molecule has 0 spiro atoms. The third kappa shape index (κ3) is 4.53. The molecule has 0 aliphatic rings. The molecule has 0 heterocycles. The highest BCUT2D eigenvalue weighted by Crippen LogP contribution is 2.20. The van der Waals surface area contributed by atoms with Crippen molar-refractivity contribution in [3.8, 4) is 0 Å². The summed E-state index contributed by atoms with van der Waals surface area (Å²) >= 11 is 6.01. The second-order valence-electron chi connectivity index (χ2n) is 5.10. The molecule has 2 aromatic rings. The maximum atomic E-state index is 13.3. The van der Waals surface area contributed by atoms with Crippen molar-refractivity contribution in [2.45, 2.75) is 13.8 Å². The van der Waals surface area contributed by atoms with Gasteiger partial charge in [-0.15, -0.1) is 0 Å². The number of anilines is 2. The van der Waals surface area contributed by atoms with Gasteiger partial charge >= 0.3 is 0 Å². The molecule has 0 bridgehead atoms. The zero-order valence-electron chi connectivity index (χ0n) is 12.8. The summed E-state index contributed by atoms with van der Waals surface area (Å²) in [6, 6.07) is 10.7. The average Bonchev–Trinajstić information content (AvgIpc) is 2.48. The Bertz CT molecular complexity index is 749. The van der Waals surface area contributed by atoms with Crippen LogP contribution in [0.5, 0.6) is 0 Å². The van der Waals surface area contributed by atoms with E-state index in [0.29, 0.717) is 16.4 Å². The molecule has 2 aromatic carbocycles. The summed E-state index contributed by atoms with van der Waals surface area (Å²) in [4.78, 5) is 25.1. The lowest BCUT2D eigenvalue weighted by molar-refractivity contribution is -0.120. The largest absolute Gasteiger partial charge is 0.324 e. The molecule has 0 saturated carbocycles. The van der Waals surface area contributed by atoms with Crippen molar-refractivity contribution >= 4 is 34.8 Å². The van der Waals surface area contributed by atoms with Crippen LogP contribution >= 0.6 is 11.6 Å². The number of aryl methyl sites for hydroxylation is 1. The van der Waals surface area contributed by atoms with Gasteiger partial charge in [-0.1, -0.05) is 23.7 Å². The normalized spacial score (nSPS) is 10.3. The molecule has 0 radical (unpaired) electrons. The Kier molecular flexibility index (Phi) is 5.34. The van der Waals surface area contributed by atoms with Crippen molar-refractivity contribution in [1.29, 1.82) is 0 Å². The molecule has 2 amide bonds. The number of nitrogens with zero attached hydrogens (tertiary/aromatic N) is 1. The standard InChI is InChI=1S/C17H16ClFN2O2/c1-11-6-7-14(9-16(11)18)20-17(23)10-21(12(2)22)15-5-3-4-13(19)8-15/h3-9H,10H2,1-2H3,(H,20,23). The summed E-state index contributed by atoms with van der Waals surface area (Å²) in [5, 5.41) is 3.21. The maximum Gasteiger partial charge on any atom is 0.244 e. The first-order chi connectivity index (χ1) is 10.9. The van der Waals surface area contributed by atoms with Crippen molar-refractivity contribution in [3.05, 3.63) is 58.9 Å². The fourth-order valence-corrected chi connectivity index (χ4v) is 2.22. The van der Waals surface area contributed by atoms with Gasteiger partial charge in [-0.05, 0) is 42.8 Å². The first-order valence-electron chi connectivity index (χ1n) is 6.96. The Morgan fingerprint density at radius 2 is 1.96 bits per heavy atom. The van der Waals surface area contributed by atoms with Crippen molar-refractivity contribution in [2.75, 3.05) is 16.8 Å². The number of hydrogen-bond donors (Lipinski definition) is 1. The van der Waals surface area contributed by atoms with Gasteiger partial charge in [0, 0.05) is 23.3 Å². The summed E-state index contributed by atoms with van der Waals surface area (Å²) in [5.74, 6) is -1.23. The van der Waals surface area contributed by atoms with Gasteiger partial charge in [-0.25, -0.2) is 4.39 Å². The van der Waals surface area contributed by atoms with Crippen LogP contribution in [0.15, 0.2) is 42.5 Å². The lowest BCUT2D eigenvalue weighted by atomic mass is 10.2. The highest BCUT2D eigenvalue weighted by molar-refractivity contribution is 6.31. The third-order valence-corrected chi connectivity index (χ3v) is 3.66. The van der Waals surface area contributed by atoms with E-state index in [1.165, 1.54) is 30.0 Å². The lowest BCUT2D eigenvalue weighted by Crippen LogP contribution is -2.36. The predicted molar refractivity (Wildman–Crippen MR) is 89.2 cm³/mol. The SMILES string of the molecule is CC(=O)N(CC(=O)Nc1ccc(C)c(Cl)c1)c1cccc(F)c1. The van der Waals surface area contributed by atoms with Crippen molar-refractivity contribution < 1.29 is 14.0 Å². The Balaban J connectivity index is 2.12. The molecule has 0 saturated heterocycles.